The predicted octanol–water partition coefficient (Wildman–Crippen LogP) is 3.75. The molecule has 1 amide bonds. The van der Waals surface area contributed by atoms with E-state index >= 15 is 0 Å². The van der Waals surface area contributed by atoms with E-state index in [9.17, 15) is 4.79 Å². The Morgan fingerprint density at radius 2 is 2.00 bits per heavy atom. The largest absolute Gasteiger partial charge is 0.374 e. The summed E-state index contributed by atoms with van der Waals surface area (Å²) in [4.78, 5) is 12.2. The summed E-state index contributed by atoms with van der Waals surface area (Å²) >= 11 is 2.64. The van der Waals surface area contributed by atoms with Gasteiger partial charge < -0.3 is 11.1 Å². The molecule has 5 nitrogen and oxygen atoms in total. The maximum atomic E-state index is 12.2. The molecule has 0 saturated carbocycles. The van der Waals surface area contributed by atoms with Crippen LogP contribution in [0, 0.1) is 0 Å². The summed E-state index contributed by atoms with van der Waals surface area (Å²) in [7, 11) is 0. The first-order chi connectivity index (χ1) is 10.5. The number of aromatic nitrogens is 2. The first-order valence-electron chi connectivity index (χ1n) is 7.16. The molecule has 0 aliphatic heterocycles. The van der Waals surface area contributed by atoms with Crippen molar-refractivity contribution >= 4 is 39.8 Å². The van der Waals surface area contributed by atoms with Crippen LogP contribution in [0.15, 0.2) is 28.6 Å². The van der Waals surface area contributed by atoms with Gasteiger partial charge >= 0.3 is 0 Å². The fourth-order valence-electron chi connectivity index (χ4n) is 1.85. The van der Waals surface area contributed by atoms with Gasteiger partial charge in [0.1, 0.15) is 0 Å². The number of anilines is 2. The Bertz CT molecular complexity index is 627. The van der Waals surface area contributed by atoms with Crippen LogP contribution in [0.25, 0.3) is 0 Å². The molecule has 1 heterocycles. The summed E-state index contributed by atoms with van der Waals surface area (Å²) in [5, 5.41) is 10.7. The third-order valence-electron chi connectivity index (χ3n) is 3.43. The smallest absolute Gasteiger partial charge is 0.237 e. The van der Waals surface area contributed by atoms with Crippen molar-refractivity contribution in [3.63, 3.8) is 0 Å². The fraction of sp³-hybridized carbons (Fsp3) is 0.400. The van der Waals surface area contributed by atoms with Gasteiger partial charge in [-0.2, -0.15) is 0 Å². The normalized spacial score (nSPS) is 13.6. The van der Waals surface area contributed by atoms with Crippen molar-refractivity contribution in [3.8, 4) is 0 Å². The second-order valence-electron chi connectivity index (χ2n) is 5.09. The van der Waals surface area contributed by atoms with E-state index in [-0.39, 0.29) is 11.2 Å². The van der Waals surface area contributed by atoms with E-state index in [2.05, 4.69) is 41.5 Å². The number of carbonyl (C=O) groups is 1. The minimum absolute atomic E-state index is 0.0601. The number of nitrogens with zero attached hydrogens (tertiary/aromatic N) is 2. The number of rotatable bonds is 6. The summed E-state index contributed by atoms with van der Waals surface area (Å²) < 4.78 is 0.701. The van der Waals surface area contributed by atoms with Gasteiger partial charge in [0.25, 0.3) is 0 Å². The number of hydrogen-bond donors (Lipinski definition) is 2. The van der Waals surface area contributed by atoms with Gasteiger partial charge in [0.2, 0.25) is 11.0 Å². The highest BCUT2D eigenvalue weighted by Gasteiger charge is 2.17. The number of nitrogens with two attached hydrogens (primary N) is 1. The van der Waals surface area contributed by atoms with E-state index < -0.39 is 0 Å². The van der Waals surface area contributed by atoms with E-state index in [0.29, 0.717) is 15.4 Å². The maximum absolute atomic E-state index is 12.2. The molecule has 7 heteroatoms. The van der Waals surface area contributed by atoms with Gasteiger partial charge in [-0.1, -0.05) is 49.1 Å². The lowest BCUT2D eigenvalue weighted by molar-refractivity contribution is -0.115. The molecule has 1 aromatic heterocycles. The zero-order valence-electron chi connectivity index (χ0n) is 12.9. The molecule has 0 bridgehead atoms. The van der Waals surface area contributed by atoms with Gasteiger partial charge in [-0.05, 0) is 37.0 Å². The van der Waals surface area contributed by atoms with E-state index in [4.69, 9.17) is 5.73 Å². The number of nitrogens with one attached hydrogen (secondary N) is 1. The summed E-state index contributed by atoms with van der Waals surface area (Å²) in [6.45, 7) is 6.20. The molecule has 1 aromatic carbocycles. The zero-order chi connectivity index (χ0) is 16.1. The molecular weight excluding hydrogens is 316 g/mol. The van der Waals surface area contributed by atoms with Gasteiger partial charge in [0, 0.05) is 5.69 Å². The van der Waals surface area contributed by atoms with Crippen molar-refractivity contribution in [1.82, 2.24) is 10.2 Å². The number of amides is 1. The topological polar surface area (TPSA) is 80.9 Å². The van der Waals surface area contributed by atoms with Gasteiger partial charge in [-0.15, -0.1) is 10.2 Å². The monoisotopic (exact) mass is 336 g/mol. The minimum atomic E-state index is -0.262. The predicted molar refractivity (Wildman–Crippen MR) is 93.4 cm³/mol. The molecule has 2 atom stereocenters. The van der Waals surface area contributed by atoms with E-state index in [1.165, 1.54) is 28.7 Å². The zero-order valence-corrected chi connectivity index (χ0v) is 14.5. The fourth-order valence-corrected chi connectivity index (χ4v) is 3.63. The van der Waals surface area contributed by atoms with Crippen molar-refractivity contribution in [2.45, 2.75) is 42.7 Å². The number of benzene rings is 1. The highest BCUT2D eigenvalue weighted by atomic mass is 32.2. The molecule has 0 radical (unpaired) electrons. The molecule has 3 N–H and O–H groups in total. The SMILES string of the molecule is CC[C@H](C)c1ccc(NC(=O)[C@@H](C)Sc2nnc(N)s2)cc1. The van der Waals surface area contributed by atoms with Crippen molar-refractivity contribution in [2.75, 3.05) is 11.1 Å². The molecule has 2 rings (SSSR count). The second-order valence-corrected chi connectivity index (χ2v) is 7.68. The number of hydrogen-bond acceptors (Lipinski definition) is 6. The van der Waals surface area contributed by atoms with Crippen molar-refractivity contribution in [3.05, 3.63) is 29.8 Å². The summed E-state index contributed by atoms with van der Waals surface area (Å²) in [6, 6.07) is 8.01. The van der Waals surface area contributed by atoms with Crippen LogP contribution in [0.3, 0.4) is 0 Å². The molecular formula is C15H20N4OS2. The highest BCUT2D eigenvalue weighted by molar-refractivity contribution is 8.02. The standard InChI is InChI=1S/C15H20N4OS2/c1-4-9(2)11-5-7-12(8-6-11)17-13(20)10(3)21-15-19-18-14(16)22-15/h5-10H,4H2,1-3H3,(H2,16,18)(H,17,20)/t9-,10+/m0/s1. The maximum Gasteiger partial charge on any atom is 0.237 e. The van der Waals surface area contributed by atoms with Gasteiger partial charge in [0.05, 0.1) is 5.25 Å². The minimum Gasteiger partial charge on any atom is -0.374 e. The Labute approximate surface area is 138 Å². The Hall–Kier alpha value is -1.60. The third kappa shape index (κ3) is 4.45. The molecule has 0 unspecified atom stereocenters. The van der Waals surface area contributed by atoms with E-state index in [1.54, 1.807) is 0 Å². The summed E-state index contributed by atoms with van der Waals surface area (Å²) in [5.74, 6) is 0.470. The Kier molecular flexibility index (Phi) is 5.79. The van der Waals surface area contributed by atoms with E-state index in [0.717, 1.165) is 12.1 Å². The molecule has 0 aliphatic carbocycles. The number of nitrogen functional groups attached to an aromatic ring is 1. The van der Waals surface area contributed by atoms with Crippen LogP contribution in [-0.4, -0.2) is 21.4 Å². The lowest BCUT2D eigenvalue weighted by Gasteiger charge is -2.12. The molecule has 0 saturated heterocycles. The van der Waals surface area contributed by atoms with Crippen molar-refractivity contribution in [1.29, 1.82) is 0 Å². The molecule has 0 spiro atoms. The lowest BCUT2D eigenvalue weighted by atomic mass is 9.99. The number of thioether (sulfide) groups is 1. The van der Waals surface area contributed by atoms with Crippen molar-refractivity contribution < 1.29 is 4.79 Å². The Morgan fingerprint density at radius 1 is 1.32 bits per heavy atom. The van der Waals surface area contributed by atoms with Gasteiger partial charge in [0.15, 0.2) is 4.34 Å². The first-order valence-corrected chi connectivity index (χ1v) is 8.85. The highest BCUT2D eigenvalue weighted by Crippen LogP contribution is 2.28. The average Bonchev–Trinajstić information content (AvgIpc) is 2.92. The van der Waals surface area contributed by atoms with Crippen LogP contribution in [-0.2, 0) is 4.79 Å². The molecule has 22 heavy (non-hydrogen) atoms. The summed E-state index contributed by atoms with van der Waals surface area (Å²) in [6.07, 6.45) is 1.10. The Morgan fingerprint density at radius 3 is 2.55 bits per heavy atom. The van der Waals surface area contributed by atoms with Crippen LogP contribution >= 0.6 is 23.1 Å². The lowest BCUT2D eigenvalue weighted by Crippen LogP contribution is -2.22. The molecule has 2 aromatic rings. The van der Waals surface area contributed by atoms with Crippen molar-refractivity contribution in [2.24, 2.45) is 0 Å². The molecule has 0 fully saturated rings. The third-order valence-corrected chi connectivity index (χ3v) is 5.37. The molecule has 0 aliphatic rings. The van der Waals surface area contributed by atoms with Crippen LogP contribution in [0.5, 0.6) is 0 Å². The van der Waals surface area contributed by atoms with Gasteiger partial charge in [-0.3, -0.25) is 4.79 Å². The second kappa shape index (κ2) is 7.60. The van der Waals surface area contributed by atoms with Gasteiger partial charge in [-0.25, -0.2) is 0 Å². The van der Waals surface area contributed by atoms with Crippen LogP contribution in [0.4, 0.5) is 10.8 Å². The van der Waals surface area contributed by atoms with Crippen LogP contribution < -0.4 is 11.1 Å². The average molecular weight is 336 g/mol. The quantitative estimate of drug-likeness (QED) is 0.785. The number of carbonyl (C=O) groups excluding carboxylic acids is 1. The van der Waals surface area contributed by atoms with Crippen LogP contribution in [0.2, 0.25) is 0 Å². The Balaban J connectivity index is 1.93. The first kappa shape index (κ1) is 16.8. The van der Waals surface area contributed by atoms with E-state index in [1.807, 2.05) is 19.1 Å². The van der Waals surface area contributed by atoms with Crippen LogP contribution in [0.1, 0.15) is 38.7 Å². The molecule has 118 valence electrons. The summed E-state index contributed by atoms with van der Waals surface area (Å²) in [5.41, 5.74) is 7.63.